The van der Waals surface area contributed by atoms with Gasteiger partial charge in [0.1, 0.15) is 0 Å². The average Bonchev–Trinajstić information content (AvgIpc) is 3.32. The van der Waals surface area contributed by atoms with Gasteiger partial charge in [0.2, 0.25) is 5.91 Å². The number of hydrogen-bond donors (Lipinski definition) is 2. The predicted molar refractivity (Wildman–Crippen MR) is 149 cm³/mol. The van der Waals surface area contributed by atoms with Crippen molar-refractivity contribution < 1.29 is 9.59 Å². The molecule has 0 aliphatic rings. The zero-order chi connectivity index (χ0) is 24.8. The number of thiazole rings is 1. The quantitative estimate of drug-likeness (QED) is 0.215. The third-order valence-corrected chi connectivity index (χ3v) is 7.87. The maximum Gasteiger partial charge on any atom is 0.255 e. The van der Waals surface area contributed by atoms with E-state index in [-0.39, 0.29) is 17.1 Å². The molecule has 0 radical (unpaired) electrons. The third-order valence-electron chi connectivity index (χ3n) is 5.22. The summed E-state index contributed by atoms with van der Waals surface area (Å²) in [6, 6.07) is 22.9. The van der Waals surface area contributed by atoms with Gasteiger partial charge in [0, 0.05) is 31.6 Å². The van der Waals surface area contributed by atoms with Crippen LogP contribution in [0.1, 0.15) is 29.3 Å². The van der Waals surface area contributed by atoms with Crippen molar-refractivity contribution in [1.29, 1.82) is 0 Å². The minimum Gasteiger partial charge on any atom is -0.322 e. The van der Waals surface area contributed by atoms with Crippen molar-refractivity contribution in [2.45, 2.75) is 30.4 Å². The van der Waals surface area contributed by atoms with Crippen LogP contribution in [0.5, 0.6) is 0 Å². The first-order chi connectivity index (χ1) is 16.9. The van der Waals surface area contributed by atoms with Gasteiger partial charge in [-0.3, -0.25) is 9.59 Å². The molecule has 2 N–H and O–H groups in total. The monoisotopic (exact) mass is 565 g/mol. The molecule has 2 amide bonds. The lowest BCUT2D eigenvalue weighted by atomic mass is 10.1. The minimum absolute atomic E-state index is 0.0942. The van der Waals surface area contributed by atoms with E-state index in [0.717, 1.165) is 26.2 Å². The van der Waals surface area contributed by atoms with Crippen LogP contribution in [0.25, 0.3) is 11.3 Å². The van der Waals surface area contributed by atoms with Gasteiger partial charge >= 0.3 is 0 Å². The fourth-order valence-corrected chi connectivity index (χ4v) is 5.31. The molecule has 0 aliphatic heterocycles. The predicted octanol–water partition coefficient (Wildman–Crippen LogP) is 7.64. The number of anilines is 2. The number of benzene rings is 3. The number of aryl methyl sites for hydroxylation is 1. The molecule has 0 spiro atoms. The Bertz CT molecular complexity index is 1320. The Morgan fingerprint density at radius 2 is 1.77 bits per heavy atom. The minimum atomic E-state index is -0.293. The topological polar surface area (TPSA) is 71.1 Å². The Hall–Kier alpha value is -2.94. The van der Waals surface area contributed by atoms with E-state index in [1.165, 1.54) is 23.1 Å². The van der Waals surface area contributed by atoms with Crippen LogP contribution in [0.15, 0.2) is 87.5 Å². The van der Waals surface area contributed by atoms with Crippen molar-refractivity contribution in [3.05, 3.63) is 93.8 Å². The van der Waals surface area contributed by atoms with E-state index < -0.39 is 0 Å². The molecule has 4 rings (SSSR count). The molecule has 178 valence electrons. The zero-order valence-electron chi connectivity index (χ0n) is 19.2. The number of halogens is 1. The van der Waals surface area contributed by atoms with Crippen molar-refractivity contribution in [2.24, 2.45) is 0 Å². The van der Waals surface area contributed by atoms with Crippen molar-refractivity contribution >= 4 is 61.7 Å². The Labute approximate surface area is 221 Å². The Morgan fingerprint density at radius 3 is 2.49 bits per heavy atom. The highest BCUT2D eigenvalue weighted by molar-refractivity contribution is 9.10. The van der Waals surface area contributed by atoms with E-state index in [9.17, 15) is 9.59 Å². The van der Waals surface area contributed by atoms with E-state index in [2.05, 4.69) is 31.5 Å². The maximum absolute atomic E-state index is 13.0. The van der Waals surface area contributed by atoms with E-state index in [1.54, 1.807) is 0 Å². The van der Waals surface area contributed by atoms with Gasteiger partial charge in [0.05, 0.1) is 10.9 Å². The number of thioether (sulfide) groups is 1. The largest absolute Gasteiger partial charge is 0.322 e. The molecular weight excluding hydrogens is 542 g/mol. The van der Waals surface area contributed by atoms with Gasteiger partial charge < -0.3 is 10.6 Å². The van der Waals surface area contributed by atoms with Crippen LogP contribution in [-0.4, -0.2) is 22.0 Å². The summed E-state index contributed by atoms with van der Waals surface area (Å²) in [6.45, 7) is 3.97. The molecule has 0 fully saturated rings. The lowest BCUT2D eigenvalue weighted by Gasteiger charge is -2.14. The number of amides is 2. The zero-order valence-corrected chi connectivity index (χ0v) is 22.5. The Kier molecular flexibility index (Phi) is 8.38. The molecule has 35 heavy (non-hydrogen) atoms. The first-order valence-electron chi connectivity index (χ1n) is 11.1. The van der Waals surface area contributed by atoms with Gasteiger partial charge in [-0.2, -0.15) is 0 Å². The van der Waals surface area contributed by atoms with Crippen molar-refractivity contribution in [2.75, 3.05) is 10.6 Å². The second kappa shape index (κ2) is 11.7. The molecule has 5 nitrogen and oxygen atoms in total. The number of nitrogens with zero attached hydrogens (tertiary/aromatic N) is 1. The molecule has 0 saturated heterocycles. The molecular formula is C27H24BrN3O2S2. The summed E-state index contributed by atoms with van der Waals surface area (Å²) in [4.78, 5) is 31.0. The highest BCUT2D eigenvalue weighted by Crippen LogP contribution is 2.30. The third kappa shape index (κ3) is 6.81. The van der Waals surface area contributed by atoms with Crippen LogP contribution in [0.3, 0.4) is 0 Å². The number of hydrogen-bond acceptors (Lipinski definition) is 5. The SMILES string of the molecule is CCC(Sc1cccc(NC(=O)c2ccc(C)cc2)c1)C(=O)Nc1nc(-c2ccc(Br)cc2)cs1. The van der Waals surface area contributed by atoms with Crippen molar-refractivity contribution in [3.8, 4) is 11.3 Å². The van der Waals surface area contributed by atoms with Crippen LogP contribution < -0.4 is 10.6 Å². The fourth-order valence-electron chi connectivity index (χ4n) is 3.31. The molecule has 1 unspecified atom stereocenters. The van der Waals surface area contributed by atoms with Crippen LogP contribution in [-0.2, 0) is 4.79 Å². The second-order valence-corrected chi connectivity index (χ2v) is 10.9. The lowest BCUT2D eigenvalue weighted by molar-refractivity contribution is -0.115. The highest BCUT2D eigenvalue weighted by Gasteiger charge is 2.20. The molecule has 4 aromatic rings. The fraction of sp³-hybridized carbons (Fsp3) is 0.148. The Morgan fingerprint density at radius 1 is 1.03 bits per heavy atom. The summed E-state index contributed by atoms with van der Waals surface area (Å²) < 4.78 is 1.01. The number of carbonyl (C=O) groups excluding carboxylic acids is 2. The van der Waals surface area contributed by atoms with Gasteiger partial charge in [0.25, 0.3) is 5.91 Å². The van der Waals surface area contributed by atoms with Gasteiger partial charge in [-0.15, -0.1) is 23.1 Å². The molecule has 0 aliphatic carbocycles. The van der Waals surface area contributed by atoms with E-state index in [0.29, 0.717) is 22.8 Å². The normalized spacial score (nSPS) is 11.6. The smallest absolute Gasteiger partial charge is 0.255 e. The molecule has 1 atom stereocenters. The number of aromatic nitrogens is 1. The number of nitrogens with one attached hydrogen (secondary N) is 2. The molecule has 1 heterocycles. The molecule has 1 aromatic heterocycles. The van der Waals surface area contributed by atoms with E-state index in [4.69, 9.17) is 0 Å². The summed E-state index contributed by atoms with van der Waals surface area (Å²) in [7, 11) is 0. The lowest BCUT2D eigenvalue weighted by Crippen LogP contribution is -2.24. The van der Waals surface area contributed by atoms with Crippen LogP contribution in [0.2, 0.25) is 0 Å². The molecule has 8 heteroatoms. The first kappa shape index (κ1) is 25.2. The van der Waals surface area contributed by atoms with Gasteiger partial charge in [-0.25, -0.2) is 4.98 Å². The van der Waals surface area contributed by atoms with Gasteiger partial charge in [-0.05, 0) is 55.8 Å². The molecule has 3 aromatic carbocycles. The summed E-state index contributed by atoms with van der Waals surface area (Å²) in [6.07, 6.45) is 0.654. The number of rotatable bonds is 8. The van der Waals surface area contributed by atoms with E-state index in [1.807, 2.05) is 92.0 Å². The summed E-state index contributed by atoms with van der Waals surface area (Å²) >= 11 is 6.31. The summed E-state index contributed by atoms with van der Waals surface area (Å²) in [5.41, 5.74) is 4.22. The maximum atomic E-state index is 13.0. The van der Waals surface area contributed by atoms with Crippen molar-refractivity contribution in [1.82, 2.24) is 4.98 Å². The highest BCUT2D eigenvalue weighted by atomic mass is 79.9. The van der Waals surface area contributed by atoms with Gasteiger partial charge in [-0.1, -0.05) is 58.7 Å². The van der Waals surface area contributed by atoms with Crippen LogP contribution >= 0.6 is 39.0 Å². The van der Waals surface area contributed by atoms with E-state index >= 15 is 0 Å². The second-order valence-electron chi connectivity index (χ2n) is 7.90. The summed E-state index contributed by atoms with van der Waals surface area (Å²) in [5.74, 6) is -0.259. The first-order valence-corrected chi connectivity index (χ1v) is 13.6. The number of carbonyl (C=O) groups is 2. The van der Waals surface area contributed by atoms with Gasteiger partial charge in [0.15, 0.2) is 5.13 Å². The summed E-state index contributed by atoms with van der Waals surface area (Å²) in [5, 5.41) is 8.11. The Balaban J connectivity index is 1.39. The standard InChI is InChI=1S/C27H24BrN3O2S2/c1-3-24(26(33)31-27-30-23(16-34-27)18-11-13-20(28)14-12-18)35-22-6-4-5-21(15-22)29-25(32)19-9-7-17(2)8-10-19/h4-16,24H,3H2,1-2H3,(H,29,32)(H,30,31,33). The van der Waals surface area contributed by atoms with Crippen LogP contribution in [0, 0.1) is 6.92 Å². The average molecular weight is 567 g/mol. The van der Waals surface area contributed by atoms with Crippen LogP contribution in [0.4, 0.5) is 10.8 Å². The molecule has 0 saturated carbocycles. The molecule has 0 bridgehead atoms. The van der Waals surface area contributed by atoms with Crippen molar-refractivity contribution in [3.63, 3.8) is 0 Å².